The first-order valence-corrected chi connectivity index (χ1v) is 7.99. The van der Waals surface area contributed by atoms with Gasteiger partial charge in [0.1, 0.15) is 0 Å². The van der Waals surface area contributed by atoms with Crippen LogP contribution in [0, 0.1) is 11.7 Å². The van der Waals surface area contributed by atoms with Crippen LogP contribution in [0.4, 0.5) is 4.39 Å². The van der Waals surface area contributed by atoms with Crippen molar-refractivity contribution < 1.29 is 12.8 Å². The van der Waals surface area contributed by atoms with Gasteiger partial charge in [0.2, 0.25) is 5.03 Å². The largest absolute Gasteiger partial charge is 0.305 e. The van der Waals surface area contributed by atoms with Gasteiger partial charge in [0.05, 0.1) is 0 Å². The average molecular weight is 303 g/mol. The van der Waals surface area contributed by atoms with Crippen LogP contribution in [0.2, 0.25) is 0 Å². The van der Waals surface area contributed by atoms with Crippen molar-refractivity contribution >= 4 is 10.0 Å². The van der Waals surface area contributed by atoms with E-state index in [2.05, 4.69) is 23.6 Å². The SMILES string of the molecule is CC(C)CC(CNS(=O)(=O)c1ncccc1F)N(C)C. The molecule has 1 aromatic heterocycles. The molecule has 5 nitrogen and oxygen atoms in total. The molecular formula is C13H22FN3O2S. The van der Waals surface area contributed by atoms with Crippen LogP contribution in [-0.2, 0) is 10.0 Å². The van der Waals surface area contributed by atoms with Gasteiger partial charge in [-0.25, -0.2) is 22.5 Å². The van der Waals surface area contributed by atoms with Crippen molar-refractivity contribution in [2.75, 3.05) is 20.6 Å². The maximum Gasteiger partial charge on any atom is 0.261 e. The van der Waals surface area contributed by atoms with Crippen LogP contribution >= 0.6 is 0 Å². The fourth-order valence-electron chi connectivity index (χ4n) is 1.86. The Morgan fingerprint density at radius 1 is 1.40 bits per heavy atom. The normalized spacial score (nSPS) is 13.9. The Hall–Kier alpha value is -1.05. The second kappa shape index (κ2) is 7.10. The third-order valence-corrected chi connectivity index (χ3v) is 4.32. The van der Waals surface area contributed by atoms with Gasteiger partial charge in [-0.15, -0.1) is 0 Å². The monoisotopic (exact) mass is 303 g/mol. The van der Waals surface area contributed by atoms with Crippen molar-refractivity contribution in [1.29, 1.82) is 0 Å². The van der Waals surface area contributed by atoms with E-state index >= 15 is 0 Å². The topological polar surface area (TPSA) is 62.3 Å². The number of nitrogens with one attached hydrogen (secondary N) is 1. The van der Waals surface area contributed by atoms with E-state index in [0.717, 1.165) is 12.5 Å². The highest BCUT2D eigenvalue weighted by molar-refractivity contribution is 7.89. The van der Waals surface area contributed by atoms with Gasteiger partial charge in [-0.2, -0.15) is 0 Å². The number of nitrogens with zero attached hydrogens (tertiary/aromatic N) is 2. The van der Waals surface area contributed by atoms with Crippen LogP contribution in [0.25, 0.3) is 0 Å². The van der Waals surface area contributed by atoms with Crippen molar-refractivity contribution in [1.82, 2.24) is 14.6 Å². The van der Waals surface area contributed by atoms with Gasteiger partial charge in [0.15, 0.2) is 5.82 Å². The minimum atomic E-state index is -3.92. The molecule has 0 fully saturated rings. The summed E-state index contributed by atoms with van der Waals surface area (Å²) in [5.41, 5.74) is 0. The molecule has 0 aliphatic heterocycles. The van der Waals surface area contributed by atoms with Gasteiger partial charge in [-0.05, 0) is 38.6 Å². The Balaban J connectivity index is 2.79. The molecule has 1 atom stereocenters. The summed E-state index contributed by atoms with van der Waals surface area (Å²) in [6.07, 6.45) is 2.11. The third-order valence-electron chi connectivity index (χ3n) is 2.96. The molecule has 1 aromatic rings. The molecule has 0 radical (unpaired) electrons. The number of rotatable bonds is 7. The molecule has 0 aromatic carbocycles. The molecule has 0 aliphatic carbocycles. The van der Waals surface area contributed by atoms with Crippen molar-refractivity contribution in [3.05, 3.63) is 24.1 Å². The average Bonchev–Trinajstić information content (AvgIpc) is 2.34. The molecule has 1 N–H and O–H groups in total. The minimum absolute atomic E-state index is 0.0524. The molecule has 114 valence electrons. The summed E-state index contributed by atoms with van der Waals surface area (Å²) < 4.78 is 40.0. The second-order valence-electron chi connectivity index (χ2n) is 5.39. The van der Waals surface area contributed by atoms with E-state index in [1.807, 2.05) is 19.0 Å². The summed E-state index contributed by atoms with van der Waals surface area (Å²) >= 11 is 0. The number of likely N-dealkylation sites (N-methyl/N-ethyl adjacent to an activating group) is 1. The van der Waals surface area contributed by atoms with Crippen molar-refractivity contribution in [3.63, 3.8) is 0 Å². The lowest BCUT2D eigenvalue weighted by Gasteiger charge is -2.26. The third kappa shape index (κ3) is 4.81. The molecule has 0 bridgehead atoms. The highest BCUT2D eigenvalue weighted by Gasteiger charge is 2.22. The molecule has 0 spiro atoms. The van der Waals surface area contributed by atoms with Crippen LogP contribution in [0.15, 0.2) is 23.4 Å². The summed E-state index contributed by atoms with van der Waals surface area (Å²) in [4.78, 5) is 5.55. The molecule has 1 rings (SSSR count). The Morgan fingerprint density at radius 2 is 2.05 bits per heavy atom. The summed E-state index contributed by atoms with van der Waals surface area (Å²) in [6, 6.07) is 2.49. The molecule has 0 saturated carbocycles. The van der Waals surface area contributed by atoms with Crippen molar-refractivity contribution in [3.8, 4) is 0 Å². The maximum absolute atomic E-state index is 13.5. The quantitative estimate of drug-likeness (QED) is 0.828. The molecule has 7 heteroatoms. The lowest BCUT2D eigenvalue weighted by atomic mass is 10.0. The highest BCUT2D eigenvalue weighted by atomic mass is 32.2. The Morgan fingerprint density at radius 3 is 2.55 bits per heavy atom. The van der Waals surface area contributed by atoms with E-state index in [4.69, 9.17) is 0 Å². The predicted octanol–water partition coefficient (Wildman–Crippen LogP) is 1.48. The highest BCUT2D eigenvalue weighted by Crippen LogP contribution is 2.12. The fourth-order valence-corrected chi connectivity index (χ4v) is 2.94. The Kier molecular flexibility index (Phi) is 6.04. The van der Waals surface area contributed by atoms with Crippen LogP contribution in [0.3, 0.4) is 0 Å². The van der Waals surface area contributed by atoms with E-state index in [0.29, 0.717) is 5.92 Å². The van der Waals surface area contributed by atoms with Crippen LogP contribution < -0.4 is 4.72 Å². The second-order valence-corrected chi connectivity index (χ2v) is 7.07. The number of hydrogen-bond donors (Lipinski definition) is 1. The summed E-state index contributed by atoms with van der Waals surface area (Å²) in [5.74, 6) is -0.399. The number of halogens is 1. The smallest absolute Gasteiger partial charge is 0.261 e. The molecule has 0 amide bonds. The first-order valence-electron chi connectivity index (χ1n) is 6.50. The molecule has 20 heavy (non-hydrogen) atoms. The molecule has 0 aliphatic rings. The van der Waals surface area contributed by atoms with E-state index < -0.39 is 20.9 Å². The van der Waals surface area contributed by atoms with E-state index in [1.165, 1.54) is 12.3 Å². The number of hydrogen-bond acceptors (Lipinski definition) is 4. The van der Waals surface area contributed by atoms with Crippen LogP contribution in [0.5, 0.6) is 0 Å². The van der Waals surface area contributed by atoms with Gasteiger partial charge in [-0.1, -0.05) is 13.8 Å². The van der Waals surface area contributed by atoms with Crippen molar-refractivity contribution in [2.24, 2.45) is 5.92 Å². The van der Waals surface area contributed by atoms with Crippen molar-refractivity contribution in [2.45, 2.75) is 31.3 Å². The van der Waals surface area contributed by atoms with Gasteiger partial charge >= 0.3 is 0 Å². The fraction of sp³-hybridized carbons (Fsp3) is 0.615. The van der Waals surface area contributed by atoms with Gasteiger partial charge in [0, 0.05) is 18.8 Å². The predicted molar refractivity (Wildman–Crippen MR) is 76.3 cm³/mol. The number of aromatic nitrogens is 1. The number of pyridine rings is 1. The summed E-state index contributed by atoms with van der Waals surface area (Å²) in [6.45, 7) is 4.37. The van der Waals surface area contributed by atoms with E-state index in [1.54, 1.807) is 0 Å². The first-order chi connectivity index (χ1) is 9.24. The molecule has 1 heterocycles. The maximum atomic E-state index is 13.5. The molecule has 1 unspecified atom stereocenters. The van der Waals surface area contributed by atoms with E-state index in [-0.39, 0.29) is 12.6 Å². The van der Waals surface area contributed by atoms with E-state index in [9.17, 15) is 12.8 Å². The Bertz CT molecular complexity index is 532. The Labute approximate surface area is 120 Å². The summed E-state index contributed by atoms with van der Waals surface area (Å²) in [5, 5.41) is -0.554. The lowest BCUT2D eigenvalue weighted by molar-refractivity contribution is 0.255. The van der Waals surface area contributed by atoms with Crippen LogP contribution in [0.1, 0.15) is 20.3 Å². The van der Waals surface area contributed by atoms with Gasteiger partial charge in [0.25, 0.3) is 10.0 Å². The minimum Gasteiger partial charge on any atom is -0.305 e. The zero-order valence-corrected chi connectivity index (χ0v) is 13.1. The molecular weight excluding hydrogens is 281 g/mol. The van der Waals surface area contributed by atoms with Gasteiger partial charge < -0.3 is 4.90 Å². The standard InChI is InChI=1S/C13H22FN3O2S/c1-10(2)8-11(17(3)4)9-16-20(18,19)13-12(14)6-5-7-15-13/h5-7,10-11,16H,8-9H2,1-4H3. The zero-order chi connectivity index (χ0) is 15.3. The molecule has 0 saturated heterocycles. The lowest BCUT2D eigenvalue weighted by Crippen LogP contribution is -2.41. The first kappa shape index (κ1) is 17.0. The van der Waals surface area contributed by atoms with Gasteiger partial charge in [-0.3, -0.25) is 0 Å². The summed E-state index contributed by atoms with van der Waals surface area (Å²) in [7, 11) is -0.135. The number of sulfonamides is 1. The zero-order valence-electron chi connectivity index (χ0n) is 12.3. The van der Waals surface area contributed by atoms with Crippen LogP contribution in [-0.4, -0.2) is 45.0 Å².